The van der Waals surface area contributed by atoms with E-state index in [0.29, 0.717) is 6.54 Å². The number of thiol groups is 1. The molecule has 1 aromatic heterocycles. The van der Waals surface area contributed by atoms with E-state index in [1.165, 1.54) is 0 Å². The maximum Gasteiger partial charge on any atom is 0.266 e. The average molecular weight is 254 g/mol. The van der Waals surface area contributed by atoms with Crippen LogP contribution in [0.3, 0.4) is 0 Å². The molecule has 0 aromatic carbocycles. The normalized spacial score (nSPS) is 11.7. The lowest BCUT2D eigenvalue weighted by Gasteiger charge is -2.31. The molecule has 0 aliphatic heterocycles. The van der Waals surface area contributed by atoms with Crippen LogP contribution in [0.25, 0.3) is 0 Å². The van der Waals surface area contributed by atoms with Crippen molar-refractivity contribution < 1.29 is 0 Å². The van der Waals surface area contributed by atoms with Gasteiger partial charge in [-0.15, -0.1) is 0 Å². The second-order valence-corrected chi connectivity index (χ2v) is 4.99. The molecule has 96 valence electrons. The van der Waals surface area contributed by atoms with Gasteiger partial charge in [0.05, 0.1) is 6.54 Å². The fraction of sp³-hybridized carbons (Fsp3) is 0.692. The summed E-state index contributed by atoms with van der Waals surface area (Å²) in [4.78, 5) is 11.7. The second-order valence-electron chi connectivity index (χ2n) is 4.68. The first-order valence-corrected chi connectivity index (χ1v) is 6.93. The largest absolute Gasteiger partial charge is 0.268 e. The third kappa shape index (κ3) is 3.87. The molecule has 0 spiro atoms. The second kappa shape index (κ2) is 6.84. The first-order chi connectivity index (χ1) is 8.17. The predicted octanol–water partition coefficient (Wildman–Crippen LogP) is 2.76. The summed E-state index contributed by atoms with van der Waals surface area (Å²) in [5.74, 6) is 0.803. The molecule has 3 nitrogen and oxygen atoms in total. The van der Waals surface area contributed by atoms with Gasteiger partial charge in [0, 0.05) is 12.3 Å². The highest BCUT2D eigenvalue weighted by atomic mass is 32.1. The minimum Gasteiger partial charge on any atom is -0.268 e. The van der Waals surface area contributed by atoms with Gasteiger partial charge in [-0.05, 0) is 30.1 Å². The van der Waals surface area contributed by atoms with Gasteiger partial charge in [0.15, 0.2) is 0 Å². The molecule has 0 saturated carbocycles. The van der Waals surface area contributed by atoms with Crippen LogP contribution in [0.15, 0.2) is 23.1 Å². The van der Waals surface area contributed by atoms with Crippen LogP contribution in [-0.4, -0.2) is 15.5 Å². The number of hydrogen-bond acceptors (Lipinski definition) is 3. The van der Waals surface area contributed by atoms with Crippen molar-refractivity contribution in [1.29, 1.82) is 0 Å². The van der Waals surface area contributed by atoms with Crippen LogP contribution in [0.2, 0.25) is 0 Å². The van der Waals surface area contributed by atoms with Crippen molar-refractivity contribution in [2.75, 3.05) is 5.75 Å². The summed E-state index contributed by atoms with van der Waals surface area (Å²) in [6.07, 6.45) is 6.08. The van der Waals surface area contributed by atoms with E-state index in [1.54, 1.807) is 23.0 Å². The third-order valence-corrected chi connectivity index (χ3v) is 3.84. The molecule has 0 aliphatic rings. The SMILES string of the molecule is CCCC(CS)(CCC)Cn1ncccc1=O. The van der Waals surface area contributed by atoms with Gasteiger partial charge in [-0.1, -0.05) is 26.7 Å². The van der Waals surface area contributed by atoms with E-state index in [0.717, 1.165) is 31.4 Å². The molecule has 17 heavy (non-hydrogen) atoms. The summed E-state index contributed by atoms with van der Waals surface area (Å²) in [6.45, 7) is 5.03. The molecular formula is C13H22N2OS. The van der Waals surface area contributed by atoms with E-state index < -0.39 is 0 Å². The van der Waals surface area contributed by atoms with Crippen LogP contribution in [0.4, 0.5) is 0 Å². The van der Waals surface area contributed by atoms with Gasteiger partial charge in [0.25, 0.3) is 5.56 Å². The van der Waals surface area contributed by atoms with Crippen molar-refractivity contribution in [3.8, 4) is 0 Å². The van der Waals surface area contributed by atoms with Crippen molar-refractivity contribution in [2.45, 2.75) is 46.1 Å². The third-order valence-electron chi connectivity index (χ3n) is 3.17. The van der Waals surface area contributed by atoms with Crippen LogP contribution in [-0.2, 0) is 6.54 Å². The smallest absolute Gasteiger partial charge is 0.266 e. The first-order valence-electron chi connectivity index (χ1n) is 6.30. The highest BCUT2D eigenvalue weighted by Gasteiger charge is 2.28. The Morgan fingerprint density at radius 3 is 2.47 bits per heavy atom. The van der Waals surface area contributed by atoms with E-state index in [4.69, 9.17) is 0 Å². The molecule has 0 radical (unpaired) electrons. The maximum atomic E-state index is 11.7. The summed E-state index contributed by atoms with van der Waals surface area (Å²) >= 11 is 4.49. The van der Waals surface area contributed by atoms with Gasteiger partial charge in [0.1, 0.15) is 0 Å². The summed E-state index contributed by atoms with van der Waals surface area (Å²) in [7, 11) is 0. The van der Waals surface area contributed by atoms with Gasteiger partial charge in [-0.3, -0.25) is 4.79 Å². The summed E-state index contributed by atoms with van der Waals surface area (Å²) in [5.41, 5.74) is 0.0796. The first kappa shape index (κ1) is 14.3. The van der Waals surface area contributed by atoms with Crippen molar-refractivity contribution in [1.82, 2.24) is 9.78 Å². The van der Waals surface area contributed by atoms with E-state index in [-0.39, 0.29) is 11.0 Å². The molecule has 0 aliphatic carbocycles. The minimum absolute atomic E-state index is 0.0223. The van der Waals surface area contributed by atoms with Crippen molar-refractivity contribution in [3.05, 3.63) is 28.7 Å². The van der Waals surface area contributed by atoms with E-state index in [2.05, 4.69) is 31.6 Å². The Kier molecular flexibility index (Phi) is 5.75. The molecular weight excluding hydrogens is 232 g/mol. The standard InChI is InChI=1S/C13H22N2OS/c1-3-7-13(11-17,8-4-2)10-15-12(16)6-5-9-14-15/h5-6,9,17H,3-4,7-8,10-11H2,1-2H3. The zero-order valence-corrected chi connectivity index (χ0v) is 11.6. The molecule has 1 heterocycles. The van der Waals surface area contributed by atoms with Crippen molar-refractivity contribution in [3.63, 3.8) is 0 Å². The lowest BCUT2D eigenvalue weighted by molar-refractivity contribution is 0.217. The van der Waals surface area contributed by atoms with E-state index in [1.807, 2.05) is 0 Å². The molecule has 0 bridgehead atoms. The van der Waals surface area contributed by atoms with Gasteiger partial charge in [-0.25, -0.2) is 4.68 Å². The fourth-order valence-electron chi connectivity index (χ4n) is 2.38. The molecule has 0 unspecified atom stereocenters. The molecule has 0 atom stereocenters. The zero-order valence-electron chi connectivity index (χ0n) is 10.7. The zero-order chi connectivity index (χ0) is 12.7. The number of nitrogens with zero attached hydrogens (tertiary/aromatic N) is 2. The molecule has 0 N–H and O–H groups in total. The molecule has 0 saturated heterocycles. The minimum atomic E-state index is -0.0223. The van der Waals surface area contributed by atoms with Gasteiger partial charge in [-0.2, -0.15) is 17.7 Å². The molecule has 1 rings (SSSR count). The Labute approximate surface area is 109 Å². The van der Waals surface area contributed by atoms with Crippen molar-refractivity contribution in [2.24, 2.45) is 5.41 Å². The highest BCUT2D eigenvalue weighted by Crippen LogP contribution is 2.32. The Hall–Kier alpha value is -0.770. The number of hydrogen-bond donors (Lipinski definition) is 1. The average Bonchev–Trinajstić information content (AvgIpc) is 2.33. The fourth-order valence-corrected chi connectivity index (χ4v) is 2.79. The molecule has 1 aromatic rings. The topological polar surface area (TPSA) is 34.9 Å². The Morgan fingerprint density at radius 2 is 2.00 bits per heavy atom. The summed E-state index contributed by atoms with van der Waals surface area (Å²) in [5, 5.41) is 4.15. The van der Waals surface area contributed by atoms with Crippen molar-refractivity contribution >= 4 is 12.6 Å². The lowest BCUT2D eigenvalue weighted by Crippen LogP contribution is -2.34. The number of aromatic nitrogens is 2. The number of rotatable bonds is 7. The van der Waals surface area contributed by atoms with Crippen LogP contribution in [0.1, 0.15) is 39.5 Å². The Bertz CT molecular complexity index is 383. The van der Waals surface area contributed by atoms with E-state index >= 15 is 0 Å². The van der Waals surface area contributed by atoms with E-state index in [9.17, 15) is 4.79 Å². The Balaban J connectivity index is 2.92. The summed E-state index contributed by atoms with van der Waals surface area (Å²) in [6, 6.07) is 3.25. The quantitative estimate of drug-likeness (QED) is 0.759. The Morgan fingerprint density at radius 1 is 1.35 bits per heavy atom. The summed E-state index contributed by atoms with van der Waals surface area (Å²) < 4.78 is 1.57. The highest BCUT2D eigenvalue weighted by molar-refractivity contribution is 7.80. The van der Waals surface area contributed by atoms with Crippen LogP contribution >= 0.6 is 12.6 Å². The molecule has 4 heteroatoms. The van der Waals surface area contributed by atoms with Gasteiger partial charge >= 0.3 is 0 Å². The van der Waals surface area contributed by atoms with Gasteiger partial charge < -0.3 is 0 Å². The van der Waals surface area contributed by atoms with Crippen LogP contribution in [0, 0.1) is 5.41 Å². The van der Waals surface area contributed by atoms with Crippen LogP contribution < -0.4 is 5.56 Å². The monoisotopic (exact) mass is 254 g/mol. The van der Waals surface area contributed by atoms with Gasteiger partial charge in [0.2, 0.25) is 0 Å². The molecule has 0 amide bonds. The maximum absolute atomic E-state index is 11.7. The lowest BCUT2D eigenvalue weighted by atomic mass is 9.81. The molecule has 0 fully saturated rings. The predicted molar refractivity (Wildman–Crippen MR) is 74.6 cm³/mol. The van der Waals surface area contributed by atoms with Crippen LogP contribution in [0.5, 0.6) is 0 Å².